The third kappa shape index (κ3) is 1.63. The van der Waals surface area contributed by atoms with Crippen molar-refractivity contribution in [2.24, 2.45) is 0 Å². The lowest BCUT2D eigenvalue weighted by Gasteiger charge is -2.26. The van der Waals surface area contributed by atoms with Gasteiger partial charge < -0.3 is 14.4 Å². The van der Waals surface area contributed by atoms with Crippen LogP contribution in [0, 0.1) is 6.92 Å². The van der Waals surface area contributed by atoms with Gasteiger partial charge in [-0.1, -0.05) is 0 Å². The minimum absolute atomic E-state index is 0.111. The van der Waals surface area contributed by atoms with Crippen molar-refractivity contribution < 1.29 is 14.6 Å². The normalized spacial score (nSPS) is 15.1. The first kappa shape index (κ1) is 10.7. The number of aryl methyl sites for hydroxylation is 1. The molecule has 0 aromatic carbocycles. The van der Waals surface area contributed by atoms with Gasteiger partial charge in [-0.25, -0.2) is 9.78 Å². The van der Waals surface area contributed by atoms with Crippen LogP contribution < -0.4 is 0 Å². The average Bonchev–Trinajstić information content (AvgIpc) is 2.51. The largest absolute Gasteiger partial charge is 0.479 e. The van der Waals surface area contributed by atoms with Crippen LogP contribution in [0.2, 0.25) is 0 Å². The first-order chi connectivity index (χ1) is 6.52. The Kier molecular flexibility index (Phi) is 2.90. The first-order valence-corrected chi connectivity index (χ1v) is 4.25. The van der Waals surface area contributed by atoms with Crippen LogP contribution in [-0.2, 0) is 15.1 Å². The van der Waals surface area contributed by atoms with Gasteiger partial charge >= 0.3 is 5.97 Å². The number of carboxylic acid groups (broad SMARTS) is 1. The number of aliphatic carboxylic acids is 1. The van der Waals surface area contributed by atoms with Crippen LogP contribution in [0.5, 0.6) is 0 Å². The molecular formula is C9H14N2O3. The molecule has 1 N–H and O–H groups in total. The number of methoxy groups -OCH3 is 1. The predicted octanol–water partition coefficient (Wildman–Crippen LogP) is 0.638. The van der Waals surface area contributed by atoms with E-state index in [1.54, 1.807) is 30.8 Å². The van der Waals surface area contributed by atoms with E-state index >= 15 is 0 Å². The van der Waals surface area contributed by atoms with E-state index in [-0.39, 0.29) is 6.61 Å². The van der Waals surface area contributed by atoms with E-state index in [0.717, 1.165) is 0 Å². The summed E-state index contributed by atoms with van der Waals surface area (Å²) < 4.78 is 6.51. The molecule has 0 aliphatic carbocycles. The maximum absolute atomic E-state index is 11.1. The summed E-state index contributed by atoms with van der Waals surface area (Å²) in [5.74, 6) is -0.271. The third-order valence-electron chi connectivity index (χ3n) is 2.24. The molecule has 0 bridgehead atoms. The number of carbonyl (C=O) groups is 1. The number of imidazole rings is 1. The summed E-state index contributed by atoms with van der Waals surface area (Å²) in [6.07, 6.45) is 3.22. The number of hydrogen-bond donors (Lipinski definition) is 1. The molecule has 0 radical (unpaired) electrons. The molecule has 1 aromatic rings. The molecule has 1 heterocycles. The van der Waals surface area contributed by atoms with Crippen molar-refractivity contribution in [3.8, 4) is 0 Å². The second-order valence-electron chi connectivity index (χ2n) is 3.36. The van der Waals surface area contributed by atoms with Crippen molar-refractivity contribution in [3.63, 3.8) is 0 Å². The van der Waals surface area contributed by atoms with Crippen molar-refractivity contribution in [3.05, 3.63) is 18.2 Å². The van der Waals surface area contributed by atoms with Crippen molar-refractivity contribution in [2.45, 2.75) is 19.4 Å². The SMILES string of the molecule is COCC(C)(C(=O)O)n1ccnc1C. The second-order valence-corrected chi connectivity index (χ2v) is 3.36. The van der Waals surface area contributed by atoms with Gasteiger partial charge in [0, 0.05) is 19.5 Å². The maximum Gasteiger partial charge on any atom is 0.332 e. The fourth-order valence-corrected chi connectivity index (χ4v) is 1.41. The predicted molar refractivity (Wildman–Crippen MR) is 50.1 cm³/mol. The summed E-state index contributed by atoms with van der Waals surface area (Å²) in [5.41, 5.74) is -1.09. The minimum atomic E-state index is -1.09. The minimum Gasteiger partial charge on any atom is -0.479 e. The molecule has 0 fully saturated rings. The van der Waals surface area contributed by atoms with E-state index in [2.05, 4.69) is 4.98 Å². The molecule has 5 nitrogen and oxygen atoms in total. The zero-order valence-electron chi connectivity index (χ0n) is 8.52. The van der Waals surface area contributed by atoms with Crippen LogP contribution in [0.3, 0.4) is 0 Å². The van der Waals surface area contributed by atoms with E-state index in [9.17, 15) is 4.79 Å². The fraction of sp³-hybridized carbons (Fsp3) is 0.556. The molecule has 1 rings (SSSR count). The Labute approximate surface area is 82.3 Å². The molecule has 1 aromatic heterocycles. The Morgan fingerprint density at radius 2 is 2.43 bits per heavy atom. The molecule has 0 aliphatic rings. The summed E-state index contributed by atoms with van der Waals surface area (Å²) in [4.78, 5) is 15.1. The lowest BCUT2D eigenvalue weighted by Crippen LogP contribution is -2.43. The molecule has 0 saturated heterocycles. The van der Waals surface area contributed by atoms with E-state index in [1.807, 2.05) is 0 Å². The molecule has 5 heteroatoms. The van der Waals surface area contributed by atoms with Gasteiger partial charge in [-0.15, -0.1) is 0 Å². The molecule has 78 valence electrons. The Hall–Kier alpha value is -1.36. The van der Waals surface area contributed by atoms with Gasteiger partial charge in [0.2, 0.25) is 0 Å². The topological polar surface area (TPSA) is 64.3 Å². The van der Waals surface area contributed by atoms with Crippen molar-refractivity contribution >= 4 is 5.97 Å². The van der Waals surface area contributed by atoms with Crippen LogP contribution in [0.1, 0.15) is 12.7 Å². The zero-order chi connectivity index (χ0) is 10.8. The Morgan fingerprint density at radius 3 is 2.79 bits per heavy atom. The fourth-order valence-electron chi connectivity index (χ4n) is 1.41. The number of ether oxygens (including phenoxy) is 1. The number of aromatic nitrogens is 2. The summed E-state index contributed by atoms with van der Waals surface area (Å²) in [5, 5.41) is 9.13. The summed E-state index contributed by atoms with van der Waals surface area (Å²) in [6, 6.07) is 0. The molecule has 0 aliphatic heterocycles. The second kappa shape index (κ2) is 3.79. The van der Waals surface area contributed by atoms with Gasteiger partial charge in [-0.3, -0.25) is 0 Å². The summed E-state index contributed by atoms with van der Waals surface area (Å²) in [7, 11) is 1.48. The van der Waals surface area contributed by atoms with Crippen LogP contribution in [0.15, 0.2) is 12.4 Å². The highest BCUT2D eigenvalue weighted by Gasteiger charge is 2.36. The van der Waals surface area contributed by atoms with E-state index in [1.165, 1.54) is 7.11 Å². The molecule has 0 spiro atoms. The van der Waals surface area contributed by atoms with Crippen molar-refractivity contribution in [1.82, 2.24) is 9.55 Å². The van der Waals surface area contributed by atoms with Gasteiger partial charge in [-0.2, -0.15) is 0 Å². The molecule has 0 amide bonds. The lowest BCUT2D eigenvalue weighted by molar-refractivity contribution is -0.149. The van der Waals surface area contributed by atoms with Crippen LogP contribution >= 0.6 is 0 Å². The number of hydrogen-bond acceptors (Lipinski definition) is 3. The average molecular weight is 198 g/mol. The molecule has 1 atom stereocenters. The van der Waals surface area contributed by atoms with Gasteiger partial charge in [0.1, 0.15) is 5.82 Å². The quantitative estimate of drug-likeness (QED) is 0.771. The van der Waals surface area contributed by atoms with Gasteiger partial charge in [0.15, 0.2) is 5.54 Å². The standard InChI is InChI=1S/C9H14N2O3/c1-7-10-4-5-11(7)9(2,6-14-3)8(12)13/h4-5H,6H2,1-3H3,(H,12,13). The van der Waals surface area contributed by atoms with E-state index < -0.39 is 11.5 Å². The smallest absolute Gasteiger partial charge is 0.332 e. The van der Waals surface area contributed by atoms with E-state index in [4.69, 9.17) is 9.84 Å². The summed E-state index contributed by atoms with van der Waals surface area (Å²) in [6.45, 7) is 3.48. The zero-order valence-corrected chi connectivity index (χ0v) is 8.52. The van der Waals surface area contributed by atoms with Gasteiger partial charge in [0.05, 0.1) is 6.61 Å². The highest BCUT2D eigenvalue weighted by Crippen LogP contribution is 2.18. The van der Waals surface area contributed by atoms with Crippen LogP contribution in [0.4, 0.5) is 0 Å². The maximum atomic E-state index is 11.1. The Morgan fingerprint density at radius 1 is 1.79 bits per heavy atom. The summed E-state index contributed by atoms with van der Waals surface area (Å²) >= 11 is 0. The first-order valence-electron chi connectivity index (χ1n) is 4.25. The van der Waals surface area contributed by atoms with Crippen LogP contribution in [-0.4, -0.2) is 34.3 Å². The van der Waals surface area contributed by atoms with Crippen LogP contribution in [0.25, 0.3) is 0 Å². The third-order valence-corrected chi connectivity index (χ3v) is 2.24. The number of carboxylic acids is 1. The monoisotopic (exact) mass is 198 g/mol. The highest BCUT2D eigenvalue weighted by molar-refractivity contribution is 5.76. The van der Waals surface area contributed by atoms with Crippen molar-refractivity contribution in [1.29, 1.82) is 0 Å². The molecule has 0 saturated carbocycles. The van der Waals surface area contributed by atoms with Gasteiger partial charge in [0.25, 0.3) is 0 Å². The molecular weight excluding hydrogens is 184 g/mol. The molecule has 14 heavy (non-hydrogen) atoms. The Balaban J connectivity index is 3.12. The van der Waals surface area contributed by atoms with E-state index in [0.29, 0.717) is 5.82 Å². The number of rotatable bonds is 4. The Bertz CT molecular complexity index is 335. The van der Waals surface area contributed by atoms with Crippen molar-refractivity contribution in [2.75, 3.05) is 13.7 Å². The molecule has 1 unspecified atom stereocenters. The highest BCUT2D eigenvalue weighted by atomic mass is 16.5. The lowest BCUT2D eigenvalue weighted by atomic mass is 10.0. The number of nitrogens with zero attached hydrogens (tertiary/aromatic N) is 2. The van der Waals surface area contributed by atoms with Gasteiger partial charge in [-0.05, 0) is 13.8 Å².